The molecule has 3 atom stereocenters. The molecule has 0 spiro atoms. The van der Waals surface area contributed by atoms with Gasteiger partial charge in [-0.2, -0.15) is 16.8 Å². The second-order valence-electron chi connectivity index (χ2n) is 30.5. The molecular formula is C99H213AlO24S2TiZr3. The first-order valence-electron chi connectivity index (χ1n) is 48.8. The Hall–Kier alpha value is 0.726. The Morgan fingerprint density at radius 1 is 0.300 bits per heavy atom. The van der Waals surface area contributed by atoms with Crippen molar-refractivity contribution >= 4 is 41.2 Å². The molecule has 0 saturated heterocycles. The molecule has 0 aliphatic heterocycles. The predicted octanol–water partition coefficient (Wildman–Crippen LogP) is 23.0. The predicted molar refractivity (Wildman–Crippen MR) is 537 cm³/mol. The summed E-state index contributed by atoms with van der Waals surface area (Å²) in [5.41, 5.74) is 2.26. The van der Waals surface area contributed by atoms with Gasteiger partial charge >= 0.3 is 15.1 Å². The average Bonchev–Trinajstić information content (AvgIpc) is 0.866. The Bertz CT molecular complexity index is 2160. The molecule has 0 radical (unpaired) electrons. The molecule has 0 aliphatic carbocycles. The summed E-state index contributed by atoms with van der Waals surface area (Å²) in [5.74, 6) is -0.0625. The Balaban J connectivity index is -0.0000000623. The molecule has 0 fully saturated rings. The molecule has 2 rings (SSSR count). The van der Waals surface area contributed by atoms with Gasteiger partial charge < -0.3 is 82.9 Å². The minimum Gasteiger partial charge on any atom is -0.512 e. The summed E-state index contributed by atoms with van der Waals surface area (Å²) in [6.07, 6.45) is 50.5. The van der Waals surface area contributed by atoms with Crippen molar-refractivity contribution in [3.63, 3.8) is 0 Å². The number of carbonyl (C=O) groups is 1. The van der Waals surface area contributed by atoms with E-state index in [1.165, 1.54) is 160 Å². The van der Waals surface area contributed by atoms with Crippen LogP contribution in [-0.4, -0.2) is 222 Å². The fraction of sp³-hybridized carbons (Fsp3) is 0.848. The van der Waals surface area contributed by atoms with E-state index in [0.29, 0.717) is 72.7 Å². The van der Waals surface area contributed by atoms with Crippen molar-refractivity contribution in [3.05, 3.63) is 71.5 Å². The van der Waals surface area contributed by atoms with Crippen LogP contribution in [0.15, 0.2) is 70.2 Å². The summed E-state index contributed by atoms with van der Waals surface area (Å²) in [5, 5.41) is 112. The van der Waals surface area contributed by atoms with Gasteiger partial charge in [0.05, 0.1) is 15.6 Å². The summed E-state index contributed by atoms with van der Waals surface area (Å²) >= 11 is -1.96. The van der Waals surface area contributed by atoms with Crippen LogP contribution in [0.2, 0.25) is 0 Å². The van der Waals surface area contributed by atoms with Crippen molar-refractivity contribution in [3.8, 4) is 0 Å². The molecule has 31 heteroatoms. The van der Waals surface area contributed by atoms with Gasteiger partial charge in [0.1, 0.15) is 0 Å². The fourth-order valence-corrected chi connectivity index (χ4v) is 10.5. The van der Waals surface area contributed by atoms with Gasteiger partial charge in [0.25, 0.3) is 20.2 Å². The van der Waals surface area contributed by atoms with Crippen LogP contribution in [0.5, 0.6) is 0 Å². The largest absolute Gasteiger partial charge is 0.906 e. The van der Waals surface area contributed by atoms with E-state index in [0.717, 1.165) is 172 Å². The summed E-state index contributed by atoms with van der Waals surface area (Å²) < 4.78 is 79.1. The topological polar surface area (TPSA) is 437 Å². The quantitative estimate of drug-likeness (QED) is 0.00961. The van der Waals surface area contributed by atoms with Crippen molar-refractivity contribution in [2.24, 2.45) is 0 Å². The van der Waals surface area contributed by atoms with Crippen molar-refractivity contribution in [2.45, 2.75) is 489 Å². The zero-order valence-corrected chi connectivity index (χ0v) is 99.8. The van der Waals surface area contributed by atoms with Gasteiger partial charge in [-0.15, -0.1) is 0 Å². The third kappa shape index (κ3) is 224. The van der Waals surface area contributed by atoms with Gasteiger partial charge in [-0.1, -0.05) is 296 Å². The molecule has 24 nitrogen and oxygen atoms in total. The molecule has 0 saturated carbocycles. The molecule has 0 heterocycles. The Morgan fingerprint density at radius 2 is 0.454 bits per heavy atom. The number of aryl methyl sites for hydroxylation is 2. The van der Waals surface area contributed by atoms with Gasteiger partial charge in [-0.25, -0.2) is 0 Å². The van der Waals surface area contributed by atoms with Crippen molar-refractivity contribution in [1.29, 1.82) is 0 Å². The van der Waals surface area contributed by atoms with E-state index in [2.05, 4.69) is 104 Å². The average molecular weight is 2200 g/mol. The minimum atomic E-state index is -4.06. The molecule has 16 N–H and O–H groups in total. The molecule has 2 aromatic rings. The number of rotatable bonds is 52. The minimum absolute atomic E-state index is 0. The Morgan fingerprint density at radius 3 is 0.554 bits per heavy atom. The summed E-state index contributed by atoms with van der Waals surface area (Å²) in [6, 6.07) is 13.0. The second kappa shape index (κ2) is 163. The van der Waals surface area contributed by atoms with Crippen LogP contribution in [-0.2, 0) is 150 Å². The number of unbranched alkanes of at least 4 members (excludes halogenated alkanes) is 25. The maximum atomic E-state index is 10.9. The maximum Gasteiger partial charge on any atom is 0.906 e. The van der Waals surface area contributed by atoms with Crippen LogP contribution in [0, 0.1) is 0 Å². The first-order valence-corrected chi connectivity index (χ1v) is 53.1. The number of aliphatic hydroxyl groups excluding tert-OH is 14. The third-order valence-electron chi connectivity index (χ3n) is 15.7. The molecular weight excluding hydrogens is 1990 g/mol. The molecule has 0 amide bonds. The van der Waals surface area contributed by atoms with Gasteiger partial charge in [0, 0.05) is 210 Å². The first-order chi connectivity index (χ1) is 59.7. The van der Waals surface area contributed by atoms with E-state index in [1.54, 1.807) is 52.0 Å². The molecule has 3 unspecified atom stereocenters. The SMILES string of the molecule is CC(=O)/C=C(/C)O.CC(C)O.CC(C)O.CCC(C)[O][Al]([O]C(C)CC)[O]C(C)CC.CCCCCCCCCCCCc1ccc(S(=O)(=O)O)cc1.CCCCCCCCCCCCc1ccc(S(=O)(=O)O)cc1.CCCCO.CCCCO.CCCCO.CCCCO.CCCCO.CCCCO.CCCCO.CCCO.CCCO.CCCO.CCCO.[Ti].[Zr].[Zr].[Zr]. The molecule has 2 aromatic carbocycles. The van der Waals surface area contributed by atoms with Gasteiger partial charge in [0.2, 0.25) is 0 Å². The molecule has 130 heavy (non-hydrogen) atoms. The molecule has 784 valence electrons. The van der Waals surface area contributed by atoms with Crippen LogP contribution in [0.25, 0.3) is 0 Å². The zero-order chi connectivity index (χ0) is 101. The Kier molecular flexibility index (Phi) is 221. The zero-order valence-electron chi connectivity index (χ0n) is 88.1. The van der Waals surface area contributed by atoms with Gasteiger partial charge in [0.15, 0.2) is 5.78 Å². The number of hydrogen-bond donors (Lipinski definition) is 16. The number of aliphatic hydroxyl groups is 14. The Labute approximate surface area is 880 Å². The normalized spacial score (nSPS) is 10.4. The van der Waals surface area contributed by atoms with E-state index in [4.69, 9.17) is 92.0 Å². The number of allylic oxidation sites excluding steroid dienone is 2. The van der Waals surface area contributed by atoms with Crippen molar-refractivity contribution in [1.82, 2.24) is 0 Å². The van der Waals surface area contributed by atoms with Crippen LogP contribution < -0.4 is 0 Å². The number of ketones is 1. The molecule has 0 aliphatic rings. The monoisotopic (exact) mass is 2200 g/mol. The van der Waals surface area contributed by atoms with Crippen LogP contribution >= 0.6 is 0 Å². The van der Waals surface area contributed by atoms with Crippen LogP contribution in [0.1, 0.15) is 447 Å². The second-order valence-corrected chi connectivity index (χ2v) is 34.7. The number of hydrogen-bond acceptors (Lipinski definition) is 22. The fourth-order valence-electron chi connectivity index (χ4n) is 7.64. The van der Waals surface area contributed by atoms with Gasteiger partial charge in [-0.05, 0) is 213 Å². The van der Waals surface area contributed by atoms with Crippen LogP contribution in [0.3, 0.4) is 0 Å². The van der Waals surface area contributed by atoms with E-state index in [-0.39, 0.29) is 152 Å². The number of benzene rings is 2. The van der Waals surface area contributed by atoms with Gasteiger partial charge in [-0.3, -0.25) is 13.9 Å². The van der Waals surface area contributed by atoms with Crippen LogP contribution in [0.4, 0.5) is 0 Å². The summed E-state index contributed by atoms with van der Waals surface area (Å²) in [6.45, 7) is 52.5. The third-order valence-corrected chi connectivity index (χ3v) is 19.5. The van der Waals surface area contributed by atoms with Crippen molar-refractivity contribution in [2.75, 3.05) is 72.7 Å². The van der Waals surface area contributed by atoms with E-state index in [9.17, 15) is 21.6 Å². The first kappa shape index (κ1) is 176. The summed E-state index contributed by atoms with van der Waals surface area (Å²) in [4.78, 5) is 9.96. The smallest absolute Gasteiger partial charge is 0.512 e. The summed E-state index contributed by atoms with van der Waals surface area (Å²) in [7, 11) is -8.13. The van der Waals surface area contributed by atoms with E-state index < -0.39 is 35.4 Å². The van der Waals surface area contributed by atoms with E-state index in [1.807, 2.05) is 27.7 Å². The molecule has 0 aromatic heterocycles. The molecule has 0 bridgehead atoms. The maximum absolute atomic E-state index is 10.9. The van der Waals surface area contributed by atoms with Crippen molar-refractivity contribution < 1.29 is 214 Å². The van der Waals surface area contributed by atoms with E-state index >= 15 is 0 Å². The number of carbonyl (C=O) groups excluding carboxylic acids is 1. The standard InChI is InChI=1S/2C18H30O3S.C5H8O2.3C4H9O.7C4H10O.6C3H8O.Al.Ti.3Zr/c2*1-2-3-4-5-6-7-8-9-10-11-12-17-13-15-18(16-14-17)22(19,20)21;1-4(6)3-5(2)7;3*1-3-4(2)5;7*1-2-3-4-5;2*1-3(2)4;4*1-2-3-4;;;;;/h2*13-16H,2-12H2,1H3,(H,19,20,21);3,6H,1-2H3;3*4H,3H2,1-2H3;7*5H,2-4H2,1H3;2*3-4H,1-2H3;4*4H,2-3H2,1H3;;;;;/q;;;3*-1;;;;;;;;;;;;;;+3;;;;/b;;4-3-;;;;;;;;;;;;;;;;;;;;;.